The number of hydrogen-bond donors (Lipinski definition) is 3. The van der Waals surface area contributed by atoms with E-state index in [1.54, 1.807) is 6.07 Å². The molecular weight excluding hydrogens is 563 g/mol. The molecule has 3 aromatic carbocycles. The lowest BCUT2D eigenvalue weighted by molar-refractivity contribution is -0.145. The van der Waals surface area contributed by atoms with E-state index < -0.39 is 12.0 Å². The Labute approximate surface area is 248 Å². The molecule has 0 radical (unpaired) electrons. The van der Waals surface area contributed by atoms with Gasteiger partial charge >= 0.3 is 5.97 Å². The summed E-state index contributed by atoms with van der Waals surface area (Å²) in [5.41, 5.74) is 14.0. The van der Waals surface area contributed by atoms with Crippen molar-refractivity contribution < 1.29 is 14.3 Å². The molecule has 5 N–H and O–H groups in total. The monoisotopic (exact) mass is 594 g/mol. The van der Waals surface area contributed by atoms with E-state index in [0.717, 1.165) is 27.7 Å². The number of ether oxygens (including phenoxy) is 1. The fraction of sp³-hybridized carbons (Fsp3) is 0.267. The topological polar surface area (TPSA) is 138 Å². The van der Waals surface area contributed by atoms with Gasteiger partial charge in [-0.25, -0.2) is 9.48 Å². The lowest BCUT2D eigenvalue weighted by Crippen LogP contribution is -2.41. The Balaban J connectivity index is 1.50. The quantitative estimate of drug-likeness (QED) is 0.0909. The summed E-state index contributed by atoms with van der Waals surface area (Å²) < 4.78 is 6.74. The Morgan fingerprint density at radius 1 is 1.00 bits per heavy atom. The summed E-state index contributed by atoms with van der Waals surface area (Å²) in [5, 5.41) is 10.9. The third kappa shape index (κ3) is 8.22. The highest BCUT2D eigenvalue weighted by Gasteiger charge is 2.21. The van der Waals surface area contributed by atoms with E-state index >= 15 is 0 Å². The minimum absolute atomic E-state index is 0.0202. The molecule has 0 aliphatic rings. The molecule has 214 valence electrons. The lowest BCUT2D eigenvalue weighted by atomic mass is 10.1. The highest BCUT2D eigenvalue weighted by atomic mass is 35.5. The molecule has 4 rings (SSSR count). The molecule has 0 saturated carbocycles. The molecule has 0 unspecified atom stereocenters. The third-order valence-electron chi connectivity index (χ3n) is 6.52. The molecule has 0 bridgehead atoms. The fourth-order valence-electron chi connectivity index (χ4n) is 4.56. The number of amides is 1. The summed E-state index contributed by atoms with van der Waals surface area (Å²) in [6, 6.07) is 20.8. The fourth-order valence-corrected chi connectivity index (χ4v) is 5.09. The number of benzene rings is 3. The number of nitrogens with zero attached hydrogens (tertiary/aromatic N) is 3. The number of halogens is 2. The van der Waals surface area contributed by atoms with E-state index in [1.807, 2.05) is 41.1 Å². The normalized spacial score (nSPS) is 11.7. The SMILES string of the molecule is COC(=O)[C@@H](CCCN=C(N)N)NC(=O)CCCc1cc(-c2cc(Cl)cc(Cl)c2)nn1-c1ccc2ccccc2c1. The van der Waals surface area contributed by atoms with Crippen molar-refractivity contribution in [2.24, 2.45) is 16.5 Å². The average Bonchev–Trinajstić information content (AvgIpc) is 3.37. The van der Waals surface area contributed by atoms with Gasteiger partial charge in [0.25, 0.3) is 0 Å². The number of carbonyl (C=O) groups is 2. The van der Waals surface area contributed by atoms with Gasteiger partial charge in [-0.05, 0) is 72.9 Å². The Morgan fingerprint density at radius 3 is 2.44 bits per heavy atom. The number of nitrogens with one attached hydrogen (secondary N) is 1. The van der Waals surface area contributed by atoms with E-state index in [-0.39, 0.29) is 18.3 Å². The lowest BCUT2D eigenvalue weighted by Gasteiger charge is -2.16. The maximum absolute atomic E-state index is 12.8. The molecule has 1 amide bonds. The molecule has 0 aliphatic carbocycles. The van der Waals surface area contributed by atoms with Crippen LogP contribution in [0.2, 0.25) is 10.0 Å². The average molecular weight is 596 g/mol. The van der Waals surface area contributed by atoms with Crippen LogP contribution in [0.3, 0.4) is 0 Å². The summed E-state index contributed by atoms with van der Waals surface area (Å²) >= 11 is 12.5. The number of aliphatic imine (C=N–C) groups is 1. The third-order valence-corrected chi connectivity index (χ3v) is 6.96. The number of hydrogen-bond acceptors (Lipinski definition) is 5. The van der Waals surface area contributed by atoms with Crippen molar-refractivity contribution in [1.82, 2.24) is 15.1 Å². The zero-order chi connectivity index (χ0) is 29.4. The van der Waals surface area contributed by atoms with E-state index in [9.17, 15) is 9.59 Å². The number of guanidine groups is 1. The summed E-state index contributed by atoms with van der Waals surface area (Å²) in [6.45, 7) is 0.352. The van der Waals surface area contributed by atoms with Gasteiger partial charge in [0.1, 0.15) is 6.04 Å². The van der Waals surface area contributed by atoms with Crippen molar-refractivity contribution >= 4 is 51.8 Å². The Bertz CT molecular complexity index is 1540. The molecule has 1 atom stereocenters. The summed E-state index contributed by atoms with van der Waals surface area (Å²) in [7, 11) is 1.29. The Kier molecular flexibility index (Phi) is 10.2. The highest BCUT2D eigenvalue weighted by Crippen LogP contribution is 2.29. The van der Waals surface area contributed by atoms with Crippen molar-refractivity contribution in [3.05, 3.63) is 82.5 Å². The molecule has 41 heavy (non-hydrogen) atoms. The number of nitrogens with two attached hydrogens (primary N) is 2. The predicted molar refractivity (Wildman–Crippen MR) is 163 cm³/mol. The highest BCUT2D eigenvalue weighted by molar-refractivity contribution is 6.35. The summed E-state index contributed by atoms with van der Waals surface area (Å²) in [6.07, 6.45) is 2.18. The smallest absolute Gasteiger partial charge is 0.328 e. The zero-order valence-corrected chi connectivity index (χ0v) is 24.2. The first-order chi connectivity index (χ1) is 19.7. The van der Waals surface area contributed by atoms with Gasteiger partial charge in [0.05, 0.1) is 18.5 Å². The molecule has 1 aromatic heterocycles. The summed E-state index contributed by atoms with van der Waals surface area (Å²) in [5.74, 6) is -0.781. The van der Waals surface area contributed by atoms with Crippen LogP contribution in [0.1, 0.15) is 31.4 Å². The molecule has 0 fully saturated rings. The van der Waals surface area contributed by atoms with Gasteiger partial charge in [-0.2, -0.15) is 5.10 Å². The molecule has 11 heteroatoms. The first-order valence-electron chi connectivity index (χ1n) is 13.2. The van der Waals surface area contributed by atoms with Crippen molar-refractivity contribution in [2.75, 3.05) is 13.7 Å². The molecule has 0 saturated heterocycles. The van der Waals surface area contributed by atoms with Crippen LogP contribution in [0, 0.1) is 0 Å². The van der Waals surface area contributed by atoms with E-state index in [4.69, 9.17) is 44.5 Å². The Morgan fingerprint density at radius 2 is 1.73 bits per heavy atom. The first-order valence-corrected chi connectivity index (χ1v) is 14.0. The van der Waals surface area contributed by atoms with Gasteiger partial charge in [-0.3, -0.25) is 9.79 Å². The zero-order valence-electron chi connectivity index (χ0n) is 22.6. The second kappa shape index (κ2) is 14.0. The van der Waals surface area contributed by atoms with Crippen LogP contribution >= 0.6 is 23.2 Å². The number of esters is 1. The van der Waals surface area contributed by atoms with Crippen LogP contribution in [0.25, 0.3) is 27.7 Å². The summed E-state index contributed by atoms with van der Waals surface area (Å²) in [4.78, 5) is 28.9. The number of aromatic nitrogens is 2. The minimum Gasteiger partial charge on any atom is -0.467 e. The second-order valence-electron chi connectivity index (χ2n) is 9.57. The predicted octanol–water partition coefficient (Wildman–Crippen LogP) is 5.03. The number of methoxy groups -OCH3 is 1. The van der Waals surface area contributed by atoms with Crippen LogP contribution in [-0.2, 0) is 20.7 Å². The van der Waals surface area contributed by atoms with Crippen LogP contribution in [0.5, 0.6) is 0 Å². The van der Waals surface area contributed by atoms with E-state index in [1.165, 1.54) is 7.11 Å². The number of fused-ring (bicyclic) bond motifs is 1. The van der Waals surface area contributed by atoms with Gasteiger partial charge in [0.2, 0.25) is 5.91 Å². The molecule has 4 aromatic rings. The number of rotatable bonds is 12. The van der Waals surface area contributed by atoms with Gasteiger partial charge in [-0.15, -0.1) is 0 Å². The number of aryl methyl sites for hydroxylation is 1. The van der Waals surface area contributed by atoms with Crippen molar-refractivity contribution in [1.29, 1.82) is 0 Å². The number of carbonyl (C=O) groups excluding carboxylic acids is 2. The molecule has 1 heterocycles. The largest absolute Gasteiger partial charge is 0.467 e. The van der Waals surface area contributed by atoms with Gasteiger partial charge in [0, 0.05) is 34.3 Å². The van der Waals surface area contributed by atoms with Gasteiger partial charge in [0.15, 0.2) is 5.96 Å². The minimum atomic E-state index is -0.774. The van der Waals surface area contributed by atoms with Crippen LogP contribution in [0.15, 0.2) is 71.7 Å². The van der Waals surface area contributed by atoms with Crippen molar-refractivity contribution in [3.63, 3.8) is 0 Å². The van der Waals surface area contributed by atoms with E-state index in [2.05, 4.69) is 34.6 Å². The van der Waals surface area contributed by atoms with Crippen LogP contribution < -0.4 is 16.8 Å². The maximum Gasteiger partial charge on any atom is 0.328 e. The van der Waals surface area contributed by atoms with Crippen molar-refractivity contribution in [2.45, 2.75) is 38.1 Å². The van der Waals surface area contributed by atoms with Crippen LogP contribution in [0.4, 0.5) is 0 Å². The standard InChI is InChI=1S/C30H32Cl2N6O3/c1-41-29(40)26(9-5-13-35-30(33)34)36-28(39)10-4-8-24-18-27(21-14-22(31)17-23(32)15-21)37-38(24)25-12-11-19-6-2-3-7-20(19)16-25/h2-3,6-7,11-12,14-18,26H,4-5,8-10,13H2,1H3,(H,36,39)(H4,33,34,35)/t26-/m1/s1. The molecule has 9 nitrogen and oxygen atoms in total. The molecule has 0 aliphatic heterocycles. The second-order valence-corrected chi connectivity index (χ2v) is 10.4. The van der Waals surface area contributed by atoms with Crippen molar-refractivity contribution in [3.8, 4) is 16.9 Å². The first kappa shape index (κ1) is 29.9. The van der Waals surface area contributed by atoms with E-state index in [0.29, 0.717) is 48.0 Å². The van der Waals surface area contributed by atoms with Gasteiger partial charge in [-0.1, -0.05) is 53.5 Å². The Hall–Kier alpha value is -4.08. The maximum atomic E-state index is 12.8. The van der Waals surface area contributed by atoms with Crippen LogP contribution in [-0.4, -0.2) is 47.3 Å². The molecule has 0 spiro atoms. The molecular formula is C30H32Cl2N6O3. The van der Waals surface area contributed by atoms with Gasteiger partial charge < -0.3 is 21.5 Å².